The van der Waals surface area contributed by atoms with Crippen molar-refractivity contribution in [3.05, 3.63) is 35.9 Å². The predicted molar refractivity (Wildman–Crippen MR) is 106 cm³/mol. The van der Waals surface area contributed by atoms with E-state index in [4.69, 9.17) is 0 Å². The van der Waals surface area contributed by atoms with E-state index in [1.165, 1.54) is 0 Å². The zero-order chi connectivity index (χ0) is 19.4. The van der Waals surface area contributed by atoms with Gasteiger partial charge in [0.25, 0.3) is 0 Å². The molecule has 2 fully saturated rings. The van der Waals surface area contributed by atoms with E-state index < -0.39 is 0 Å². The Kier molecular flexibility index (Phi) is 6.50. The molecule has 148 valence electrons. The maximum atomic E-state index is 12.8. The summed E-state index contributed by atoms with van der Waals surface area (Å²) in [4.78, 5) is 31.3. The summed E-state index contributed by atoms with van der Waals surface area (Å²) in [6, 6.07) is 10.2. The van der Waals surface area contributed by atoms with Gasteiger partial charge in [0.1, 0.15) is 0 Å². The van der Waals surface area contributed by atoms with E-state index in [1.807, 2.05) is 51.2 Å². The summed E-state index contributed by atoms with van der Waals surface area (Å²) in [6.45, 7) is 7.86. The fourth-order valence-electron chi connectivity index (χ4n) is 3.64. The van der Waals surface area contributed by atoms with Crippen LogP contribution in [0.25, 0.3) is 0 Å². The van der Waals surface area contributed by atoms with Crippen LogP contribution < -0.4 is 5.32 Å². The summed E-state index contributed by atoms with van der Waals surface area (Å²) in [5, 5.41) is 3.09. The number of carbonyl (C=O) groups excluding carboxylic acids is 2. The maximum absolute atomic E-state index is 12.8. The Morgan fingerprint density at radius 3 is 2.15 bits per heavy atom. The minimum absolute atomic E-state index is 0.0977. The molecular formula is C21H32N4O2. The number of carbonyl (C=O) groups is 2. The second-order valence-electron chi connectivity index (χ2n) is 7.89. The van der Waals surface area contributed by atoms with Crippen molar-refractivity contribution >= 4 is 11.8 Å². The average molecular weight is 373 g/mol. The van der Waals surface area contributed by atoms with E-state index in [2.05, 4.69) is 15.1 Å². The number of nitrogens with one attached hydrogen (secondary N) is 1. The summed E-state index contributed by atoms with van der Waals surface area (Å²) in [5.41, 5.74) is 1.14. The lowest BCUT2D eigenvalue weighted by molar-refractivity contribution is -0.137. The van der Waals surface area contributed by atoms with E-state index in [-0.39, 0.29) is 23.9 Å². The van der Waals surface area contributed by atoms with E-state index in [9.17, 15) is 9.59 Å². The molecule has 0 aromatic heterocycles. The number of benzene rings is 1. The third-order valence-corrected chi connectivity index (χ3v) is 5.74. The molecular weight excluding hydrogens is 340 g/mol. The van der Waals surface area contributed by atoms with E-state index in [1.54, 1.807) is 4.90 Å². The van der Waals surface area contributed by atoms with Crippen molar-refractivity contribution in [2.75, 3.05) is 33.2 Å². The summed E-state index contributed by atoms with van der Waals surface area (Å²) in [6.07, 6.45) is 2.23. The largest absolute Gasteiger partial charge is 0.352 e. The van der Waals surface area contributed by atoms with Crippen molar-refractivity contribution in [2.24, 2.45) is 0 Å². The van der Waals surface area contributed by atoms with Crippen molar-refractivity contribution in [3.8, 4) is 0 Å². The first kappa shape index (κ1) is 19.8. The number of hydrogen-bond acceptors (Lipinski definition) is 4. The number of piperazine rings is 1. The Morgan fingerprint density at radius 1 is 1.04 bits per heavy atom. The molecule has 27 heavy (non-hydrogen) atoms. The highest BCUT2D eigenvalue weighted by Gasteiger charge is 2.32. The van der Waals surface area contributed by atoms with Crippen molar-refractivity contribution in [1.82, 2.24) is 20.0 Å². The van der Waals surface area contributed by atoms with Crippen LogP contribution in [0, 0.1) is 0 Å². The molecule has 0 bridgehead atoms. The highest BCUT2D eigenvalue weighted by atomic mass is 16.2. The van der Waals surface area contributed by atoms with Crippen LogP contribution in [0.1, 0.15) is 32.3 Å². The Hall–Kier alpha value is -1.92. The Balaban J connectivity index is 1.46. The number of amides is 2. The summed E-state index contributed by atoms with van der Waals surface area (Å²) >= 11 is 0. The molecule has 3 rings (SSSR count). The minimum atomic E-state index is -0.142. The summed E-state index contributed by atoms with van der Waals surface area (Å²) in [7, 11) is 1.87. The molecule has 2 unspecified atom stereocenters. The average Bonchev–Trinajstić information content (AvgIpc) is 3.51. The second kappa shape index (κ2) is 8.85. The summed E-state index contributed by atoms with van der Waals surface area (Å²) in [5.74, 6) is 0.282. The Morgan fingerprint density at radius 2 is 1.59 bits per heavy atom. The summed E-state index contributed by atoms with van der Waals surface area (Å²) < 4.78 is 0. The van der Waals surface area contributed by atoms with Gasteiger partial charge in [-0.05, 0) is 32.3 Å². The molecule has 1 N–H and O–H groups in total. The molecule has 1 aliphatic carbocycles. The number of likely N-dealkylation sites (N-methyl/N-ethyl adjacent to an activating group) is 1. The second-order valence-corrected chi connectivity index (χ2v) is 7.89. The standard InChI is InChI=1S/C21H32N4O2/c1-16(20(26)22-19-9-10-19)24-11-13-25(14-12-24)17(2)21(27)23(3)15-18-7-5-4-6-8-18/h4-8,16-17,19H,9-15H2,1-3H3,(H,22,26). The normalized spacial score (nSPS) is 20.7. The van der Waals surface area contributed by atoms with Crippen LogP contribution in [0.15, 0.2) is 30.3 Å². The van der Waals surface area contributed by atoms with Gasteiger partial charge in [0, 0.05) is 45.8 Å². The third-order valence-electron chi connectivity index (χ3n) is 5.74. The van der Waals surface area contributed by atoms with Gasteiger partial charge in [-0.25, -0.2) is 0 Å². The molecule has 0 radical (unpaired) electrons. The SMILES string of the molecule is CC(C(=O)NC1CC1)N1CCN(C(C)C(=O)N(C)Cc2ccccc2)CC1. The number of hydrogen-bond donors (Lipinski definition) is 1. The molecule has 0 spiro atoms. The van der Waals surface area contributed by atoms with Gasteiger partial charge in [0.05, 0.1) is 12.1 Å². The molecule has 1 aromatic rings. The monoisotopic (exact) mass is 372 g/mol. The van der Waals surface area contributed by atoms with Gasteiger partial charge in [0.2, 0.25) is 11.8 Å². The van der Waals surface area contributed by atoms with Crippen LogP contribution in [0.5, 0.6) is 0 Å². The highest BCUT2D eigenvalue weighted by molar-refractivity contribution is 5.82. The van der Waals surface area contributed by atoms with Crippen LogP contribution in [-0.2, 0) is 16.1 Å². The van der Waals surface area contributed by atoms with E-state index in [0.717, 1.165) is 44.6 Å². The van der Waals surface area contributed by atoms with Gasteiger partial charge >= 0.3 is 0 Å². The number of rotatable bonds is 7. The molecule has 2 amide bonds. The zero-order valence-corrected chi connectivity index (χ0v) is 16.7. The minimum Gasteiger partial charge on any atom is -0.352 e. The van der Waals surface area contributed by atoms with Crippen molar-refractivity contribution < 1.29 is 9.59 Å². The first-order valence-corrected chi connectivity index (χ1v) is 10.0. The molecule has 1 saturated carbocycles. The lowest BCUT2D eigenvalue weighted by Gasteiger charge is -2.40. The molecule has 6 nitrogen and oxygen atoms in total. The molecule has 2 aliphatic rings. The first-order valence-electron chi connectivity index (χ1n) is 10.0. The number of nitrogens with zero attached hydrogens (tertiary/aromatic N) is 3. The van der Waals surface area contributed by atoms with Gasteiger partial charge in [-0.3, -0.25) is 19.4 Å². The molecule has 1 aliphatic heterocycles. The lowest BCUT2D eigenvalue weighted by Crippen LogP contribution is -2.57. The van der Waals surface area contributed by atoms with Crippen molar-refractivity contribution in [3.63, 3.8) is 0 Å². The molecule has 1 saturated heterocycles. The van der Waals surface area contributed by atoms with Crippen LogP contribution in [0.4, 0.5) is 0 Å². The maximum Gasteiger partial charge on any atom is 0.239 e. The fraction of sp³-hybridized carbons (Fsp3) is 0.619. The lowest BCUT2D eigenvalue weighted by atomic mass is 10.1. The zero-order valence-electron chi connectivity index (χ0n) is 16.7. The van der Waals surface area contributed by atoms with Gasteiger partial charge < -0.3 is 10.2 Å². The molecule has 1 aromatic carbocycles. The van der Waals surface area contributed by atoms with Crippen LogP contribution in [-0.4, -0.2) is 77.9 Å². The van der Waals surface area contributed by atoms with Gasteiger partial charge in [-0.2, -0.15) is 0 Å². The van der Waals surface area contributed by atoms with Gasteiger partial charge in [0.15, 0.2) is 0 Å². The van der Waals surface area contributed by atoms with Gasteiger partial charge in [-0.15, -0.1) is 0 Å². The third kappa shape index (κ3) is 5.30. The topological polar surface area (TPSA) is 55.9 Å². The molecule has 6 heteroatoms. The smallest absolute Gasteiger partial charge is 0.239 e. The van der Waals surface area contributed by atoms with Crippen LogP contribution in [0.2, 0.25) is 0 Å². The predicted octanol–water partition coefficient (Wildman–Crippen LogP) is 1.32. The van der Waals surface area contributed by atoms with Gasteiger partial charge in [-0.1, -0.05) is 30.3 Å². The van der Waals surface area contributed by atoms with E-state index in [0.29, 0.717) is 12.6 Å². The molecule has 1 heterocycles. The fourth-order valence-corrected chi connectivity index (χ4v) is 3.64. The van der Waals surface area contributed by atoms with Crippen molar-refractivity contribution in [2.45, 2.75) is 51.4 Å². The van der Waals surface area contributed by atoms with Crippen molar-refractivity contribution in [1.29, 1.82) is 0 Å². The Labute approximate surface area is 162 Å². The van der Waals surface area contributed by atoms with Crippen LogP contribution in [0.3, 0.4) is 0 Å². The first-order chi connectivity index (χ1) is 13.0. The van der Waals surface area contributed by atoms with E-state index >= 15 is 0 Å². The molecule has 2 atom stereocenters. The Bertz CT molecular complexity index is 639. The highest BCUT2D eigenvalue weighted by Crippen LogP contribution is 2.19. The quantitative estimate of drug-likeness (QED) is 0.784. The van der Waals surface area contributed by atoms with Crippen LogP contribution >= 0.6 is 0 Å².